The van der Waals surface area contributed by atoms with E-state index in [2.05, 4.69) is 178 Å². The van der Waals surface area contributed by atoms with Gasteiger partial charge in [-0.25, -0.2) is 0 Å². The zero-order valence-corrected chi connectivity index (χ0v) is 37.0. The van der Waals surface area contributed by atoms with Crippen LogP contribution in [0.5, 0.6) is 0 Å². The molecule has 0 spiro atoms. The number of pyridine rings is 1. The minimum Gasteiger partial charge on any atom is -0.500 e. The Hall–Kier alpha value is -5.39. The van der Waals surface area contributed by atoms with Crippen molar-refractivity contribution in [3.63, 3.8) is 0 Å². The van der Waals surface area contributed by atoms with Crippen molar-refractivity contribution in [1.82, 2.24) is 14.5 Å². The standard InChI is InChI=1S/C31H27N2O.C20H20NSi.Ir/c1-19(2)22-11-9-12-23(20(3)4)30(22)33-27-14-7-6-13-26(27)32-31(33)21-16-17-29-25(18-21)24-10-5-8-15-28(24)34-29;1-22(2,3)19-12-13-20(21-15-19)18-11-7-10-17(14-18)16-8-5-4-6-9-16;/h5-15,17-20H,1-4H3;4-10,12-15H,1-3H3;/q2*-1;. The zero-order valence-electron chi connectivity index (χ0n) is 33.6. The number of hydrogen-bond acceptors (Lipinski definition) is 3. The molecule has 287 valence electrons. The van der Waals surface area contributed by atoms with E-state index in [1.807, 2.05) is 36.5 Å². The van der Waals surface area contributed by atoms with Crippen LogP contribution in [-0.4, -0.2) is 22.6 Å². The second-order valence-corrected chi connectivity index (χ2v) is 21.2. The van der Waals surface area contributed by atoms with E-state index in [4.69, 9.17) is 9.40 Å². The third-order valence-electron chi connectivity index (χ3n) is 10.5. The molecule has 0 aliphatic rings. The van der Waals surface area contributed by atoms with Gasteiger partial charge >= 0.3 is 0 Å². The van der Waals surface area contributed by atoms with Crippen LogP contribution in [0.4, 0.5) is 0 Å². The van der Waals surface area contributed by atoms with Gasteiger partial charge in [0.05, 0.1) is 30.5 Å². The summed E-state index contributed by atoms with van der Waals surface area (Å²) in [5.41, 5.74) is 13.1. The molecule has 0 aliphatic carbocycles. The van der Waals surface area contributed by atoms with Gasteiger partial charge in [0, 0.05) is 37.4 Å². The van der Waals surface area contributed by atoms with Crippen LogP contribution in [0, 0.1) is 12.1 Å². The van der Waals surface area contributed by atoms with Crippen LogP contribution in [-0.2, 0) is 20.1 Å². The summed E-state index contributed by atoms with van der Waals surface area (Å²) < 4.78 is 8.41. The fraction of sp³-hybridized carbons (Fsp3) is 0.176. The molecule has 0 amide bonds. The summed E-state index contributed by atoms with van der Waals surface area (Å²) in [7, 11) is -1.29. The van der Waals surface area contributed by atoms with Crippen molar-refractivity contribution < 1.29 is 24.5 Å². The summed E-state index contributed by atoms with van der Waals surface area (Å²) in [6.07, 6.45) is 2.03. The van der Waals surface area contributed by atoms with Gasteiger partial charge in [0.1, 0.15) is 5.58 Å². The van der Waals surface area contributed by atoms with Crippen molar-refractivity contribution in [1.29, 1.82) is 0 Å². The molecule has 0 unspecified atom stereocenters. The van der Waals surface area contributed by atoms with Crippen LogP contribution in [0.3, 0.4) is 0 Å². The van der Waals surface area contributed by atoms with E-state index in [0.717, 1.165) is 55.6 Å². The molecule has 0 saturated carbocycles. The second-order valence-electron chi connectivity index (χ2n) is 16.1. The molecule has 0 aliphatic heterocycles. The van der Waals surface area contributed by atoms with Crippen molar-refractivity contribution in [2.45, 2.75) is 59.2 Å². The average Bonchev–Trinajstić information content (AvgIpc) is 3.79. The average molecular weight is 938 g/mol. The Morgan fingerprint density at radius 3 is 2.04 bits per heavy atom. The molecule has 0 bridgehead atoms. The van der Waals surface area contributed by atoms with Gasteiger partial charge in [0.25, 0.3) is 0 Å². The van der Waals surface area contributed by atoms with Crippen LogP contribution in [0.25, 0.3) is 72.4 Å². The van der Waals surface area contributed by atoms with Crippen molar-refractivity contribution in [2.24, 2.45) is 0 Å². The molecule has 57 heavy (non-hydrogen) atoms. The van der Waals surface area contributed by atoms with E-state index in [1.54, 1.807) is 0 Å². The number of rotatable bonds is 7. The largest absolute Gasteiger partial charge is 0.500 e. The fourth-order valence-corrected chi connectivity index (χ4v) is 8.46. The minimum atomic E-state index is -1.29. The first-order chi connectivity index (χ1) is 27.1. The fourth-order valence-electron chi connectivity index (χ4n) is 7.42. The number of benzene rings is 6. The van der Waals surface area contributed by atoms with E-state index in [0.29, 0.717) is 11.8 Å². The minimum absolute atomic E-state index is 0. The smallest absolute Gasteiger partial charge is 0.120 e. The maximum Gasteiger partial charge on any atom is 0.120 e. The maximum absolute atomic E-state index is 6.06. The number of para-hydroxylation sites is 4. The molecule has 0 N–H and O–H groups in total. The van der Waals surface area contributed by atoms with Gasteiger partial charge in [0.2, 0.25) is 0 Å². The molecule has 6 aromatic carbocycles. The third-order valence-corrected chi connectivity index (χ3v) is 12.5. The van der Waals surface area contributed by atoms with Crippen LogP contribution in [0.15, 0.2) is 150 Å². The number of nitrogens with zero attached hydrogens (tertiary/aromatic N) is 3. The Bertz CT molecular complexity index is 2770. The predicted octanol–water partition coefficient (Wildman–Crippen LogP) is 13.4. The summed E-state index contributed by atoms with van der Waals surface area (Å²) >= 11 is 0. The van der Waals surface area contributed by atoms with Crippen LogP contribution in [0.1, 0.15) is 50.7 Å². The molecule has 4 nitrogen and oxygen atoms in total. The molecule has 9 rings (SSSR count). The molecule has 0 fully saturated rings. The Kier molecular flexibility index (Phi) is 11.6. The summed E-state index contributed by atoms with van der Waals surface area (Å²) in [6, 6.07) is 55.2. The Labute approximate surface area is 351 Å². The van der Waals surface area contributed by atoms with Crippen molar-refractivity contribution in [3.8, 4) is 39.5 Å². The van der Waals surface area contributed by atoms with E-state index < -0.39 is 8.07 Å². The van der Waals surface area contributed by atoms with Gasteiger partial charge in [-0.3, -0.25) is 4.98 Å². The molecule has 6 heteroatoms. The van der Waals surface area contributed by atoms with E-state index >= 15 is 0 Å². The summed E-state index contributed by atoms with van der Waals surface area (Å²) in [5, 5.41) is 3.58. The molecule has 3 heterocycles. The van der Waals surface area contributed by atoms with Crippen LogP contribution in [0.2, 0.25) is 19.6 Å². The van der Waals surface area contributed by atoms with E-state index in [1.165, 1.54) is 33.1 Å². The first-order valence-corrected chi connectivity index (χ1v) is 23.0. The molecule has 0 saturated heterocycles. The predicted molar refractivity (Wildman–Crippen MR) is 238 cm³/mol. The first kappa shape index (κ1) is 39.8. The van der Waals surface area contributed by atoms with Gasteiger partial charge in [-0.2, -0.15) is 0 Å². The second kappa shape index (κ2) is 16.6. The van der Waals surface area contributed by atoms with Crippen molar-refractivity contribution in [3.05, 3.63) is 169 Å². The van der Waals surface area contributed by atoms with Gasteiger partial charge in [0.15, 0.2) is 0 Å². The zero-order chi connectivity index (χ0) is 39.0. The third kappa shape index (κ3) is 8.08. The SMILES string of the molecule is CC(C)c1cccc(C(C)C)c1-n1c(-c2[c-]cc3oc4ccccc4c3c2)nc2ccccc21.C[Si](C)(C)c1ccc(-c2[c-]ccc(-c3ccccc3)c2)nc1.[Ir]. The quantitative estimate of drug-likeness (QED) is 0.118. The van der Waals surface area contributed by atoms with E-state index in [-0.39, 0.29) is 20.1 Å². The molecule has 0 atom stereocenters. The Morgan fingerprint density at radius 1 is 0.632 bits per heavy atom. The van der Waals surface area contributed by atoms with Crippen molar-refractivity contribution >= 4 is 46.2 Å². The molecular weight excluding hydrogens is 891 g/mol. The van der Waals surface area contributed by atoms with Crippen LogP contribution >= 0.6 is 0 Å². The van der Waals surface area contributed by atoms with Gasteiger partial charge in [-0.15, -0.1) is 59.2 Å². The summed E-state index contributed by atoms with van der Waals surface area (Å²) in [5.74, 6) is 1.67. The van der Waals surface area contributed by atoms with Crippen molar-refractivity contribution in [2.75, 3.05) is 0 Å². The van der Waals surface area contributed by atoms with Crippen LogP contribution < -0.4 is 5.19 Å². The van der Waals surface area contributed by atoms with Gasteiger partial charge < -0.3 is 14.0 Å². The topological polar surface area (TPSA) is 43.9 Å². The molecule has 9 aromatic rings. The number of hydrogen-bond donors (Lipinski definition) is 0. The molecular formula is C51H47IrN3OSi-2. The summed E-state index contributed by atoms with van der Waals surface area (Å²) in [4.78, 5) is 9.79. The first-order valence-electron chi connectivity index (χ1n) is 19.5. The maximum atomic E-state index is 6.06. The number of fused-ring (bicyclic) bond motifs is 4. The Morgan fingerprint density at radius 2 is 1.33 bits per heavy atom. The van der Waals surface area contributed by atoms with Gasteiger partial charge in [-0.05, 0) is 57.6 Å². The molecule has 1 radical (unpaired) electrons. The normalized spacial score (nSPS) is 11.6. The number of aromatic nitrogens is 3. The number of imidazole rings is 1. The summed E-state index contributed by atoms with van der Waals surface area (Å²) in [6.45, 7) is 16.1. The molecule has 3 aromatic heterocycles. The number of furan rings is 1. The van der Waals surface area contributed by atoms with Gasteiger partial charge in [-0.1, -0.05) is 144 Å². The van der Waals surface area contributed by atoms with E-state index in [9.17, 15) is 0 Å². The monoisotopic (exact) mass is 938 g/mol. The Balaban J connectivity index is 0.000000188.